The van der Waals surface area contributed by atoms with Gasteiger partial charge in [0, 0.05) is 0 Å². The van der Waals surface area contributed by atoms with Crippen molar-refractivity contribution in [2.75, 3.05) is 23.7 Å². The Morgan fingerprint density at radius 1 is 0.848 bits per heavy atom. The van der Waals surface area contributed by atoms with E-state index in [2.05, 4.69) is 0 Å². The molecule has 2 aliphatic heterocycles. The molecule has 3 aromatic carbocycles. The molecule has 2 aliphatic rings. The molecule has 0 radical (unpaired) electrons. The summed E-state index contributed by atoms with van der Waals surface area (Å²) in [5, 5.41) is 1.49. The molecular weight excluding hydrogens is 612 g/mol. The summed E-state index contributed by atoms with van der Waals surface area (Å²) in [6.07, 6.45) is -1.23. The summed E-state index contributed by atoms with van der Waals surface area (Å²) in [6, 6.07) is 23.4. The van der Waals surface area contributed by atoms with Crippen LogP contribution in [0.1, 0.15) is 54.5 Å². The van der Waals surface area contributed by atoms with Crippen LogP contribution in [0.3, 0.4) is 0 Å². The predicted molar refractivity (Wildman–Crippen MR) is 167 cm³/mol. The molecule has 0 N–H and O–H groups in total. The SMILES string of the molecule is CCOC(=O)c1sc(N2C(=O)[C@@H]3[C@@H](c4ccc(OC(=O)c5ccccc5)cc4)N(c4ccccc4)O[C@H]3C2=O)c(C(=O)OC)c1C. The van der Waals surface area contributed by atoms with Crippen molar-refractivity contribution < 1.29 is 43.0 Å². The number of hydroxylamine groups is 1. The van der Waals surface area contributed by atoms with Crippen molar-refractivity contribution in [3.05, 3.63) is 112 Å². The van der Waals surface area contributed by atoms with Gasteiger partial charge in [0.2, 0.25) is 5.91 Å². The number of carbonyl (C=O) groups is 5. The molecule has 2 fully saturated rings. The van der Waals surface area contributed by atoms with Gasteiger partial charge in [-0.2, -0.15) is 0 Å². The second-order valence-electron chi connectivity index (χ2n) is 10.4. The van der Waals surface area contributed by atoms with Gasteiger partial charge in [-0.1, -0.05) is 48.5 Å². The first-order valence-corrected chi connectivity index (χ1v) is 15.2. The maximum absolute atomic E-state index is 14.3. The minimum Gasteiger partial charge on any atom is -0.465 e. The zero-order valence-corrected chi connectivity index (χ0v) is 25.8. The minimum absolute atomic E-state index is 0.0337. The van der Waals surface area contributed by atoms with E-state index in [1.807, 2.05) is 6.07 Å². The number of nitrogens with zero attached hydrogens (tertiary/aromatic N) is 2. The van der Waals surface area contributed by atoms with E-state index in [1.165, 1.54) is 19.1 Å². The smallest absolute Gasteiger partial charge is 0.348 e. The molecule has 0 saturated carbocycles. The Morgan fingerprint density at radius 2 is 1.50 bits per heavy atom. The van der Waals surface area contributed by atoms with E-state index in [4.69, 9.17) is 19.0 Å². The van der Waals surface area contributed by atoms with E-state index in [1.54, 1.807) is 85.8 Å². The van der Waals surface area contributed by atoms with Crippen LogP contribution in [0.15, 0.2) is 84.9 Å². The Labute approximate surface area is 267 Å². The molecule has 3 heterocycles. The number of imide groups is 1. The van der Waals surface area contributed by atoms with Gasteiger partial charge < -0.3 is 14.2 Å². The molecule has 1 aromatic heterocycles. The Bertz CT molecular complexity index is 1820. The summed E-state index contributed by atoms with van der Waals surface area (Å²) in [5.74, 6) is -4.04. The van der Waals surface area contributed by atoms with E-state index in [0.717, 1.165) is 16.2 Å². The molecule has 234 valence electrons. The van der Waals surface area contributed by atoms with Gasteiger partial charge in [0.1, 0.15) is 21.5 Å². The normalized spacial score (nSPS) is 18.8. The topological polar surface area (TPSA) is 129 Å². The van der Waals surface area contributed by atoms with Crippen LogP contribution >= 0.6 is 11.3 Å². The number of rotatable bonds is 8. The third-order valence-corrected chi connectivity index (χ3v) is 9.01. The maximum atomic E-state index is 14.3. The summed E-state index contributed by atoms with van der Waals surface area (Å²) in [5.41, 5.74) is 1.79. The Morgan fingerprint density at radius 3 is 2.13 bits per heavy atom. The van der Waals surface area contributed by atoms with Crippen molar-refractivity contribution in [2.45, 2.75) is 26.0 Å². The summed E-state index contributed by atoms with van der Waals surface area (Å²) in [6.45, 7) is 3.28. The lowest BCUT2D eigenvalue weighted by molar-refractivity contribution is -0.126. The zero-order valence-electron chi connectivity index (χ0n) is 25.0. The van der Waals surface area contributed by atoms with E-state index in [9.17, 15) is 24.0 Å². The number of anilines is 2. The number of benzene rings is 3. The van der Waals surface area contributed by atoms with Gasteiger partial charge in [-0.15, -0.1) is 11.3 Å². The van der Waals surface area contributed by atoms with Crippen LogP contribution < -0.4 is 14.7 Å². The molecule has 11 nitrogen and oxygen atoms in total. The summed E-state index contributed by atoms with van der Waals surface area (Å²) in [4.78, 5) is 73.7. The van der Waals surface area contributed by atoms with E-state index in [0.29, 0.717) is 16.8 Å². The van der Waals surface area contributed by atoms with E-state index < -0.39 is 47.8 Å². The van der Waals surface area contributed by atoms with Gasteiger partial charge >= 0.3 is 17.9 Å². The van der Waals surface area contributed by atoms with Gasteiger partial charge in [-0.3, -0.25) is 14.4 Å². The highest BCUT2D eigenvalue weighted by atomic mass is 32.1. The molecule has 0 aliphatic carbocycles. The predicted octanol–water partition coefficient (Wildman–Crippen LogP) is 5.29. The summed E-state index contributed by atoms with van der Waals surface area (Å²) < 4.78 is 15.6. The molecule has 3 atom stereocenters. The van der Waals surface area contributed by atoms with Gasteiger partial charge in [-0.05, 0) is 61.4 Å². The number of amides is 2. The largest absolute Gasteiger partial charge is 0.465 e. The minimum atomic E-state index is -1.23. The Balaban J connectivity index is 1.37. The Kier molecular flexibility index (Phi) is 8.39. The number of methoxy groups -OCH3 is 1. The quantitative estimate of drug-likeness (QED) is 0.142. The number of hydrogen-bond acceptors (Lipinski definition) is 11. The second kappa shape index (κ2) is 12.6. The van der Waals surface area contributed by atoms with Gasteiger partial charge in [0.05, 0.1) is 36.6 Å². The second-order valence-corrected chi connectivity index (χ2v) is 11.4. The molecule has 2 saturated heterocycles. The van der Waals surface area contributed by atoms with Crippen molar-refractivity contribution in [1.29, 1.82) is 0 Å². The molecule has 12 heteroatoms. The molecule has 4 aromatic rings. The molecular formula is C34H28N2O9S. The summed E-state index contributed by atoms with van der Waals surface area (Å²) in [7, 11) is 1.17. The molecule has 6 rings (SSSR count). The number of carbonyl (C=O) groups excluding carboxylic acids is 5. The number of para-hydroxylation sites is 1. The first kappa shape index (κ1) is 30.7. The third kappa shape index (κ3) is 5.31. The number of esters is 3. The van der Waals surface area contributed by atoms with Gasteiger partial charge in [-0.25, -0.2) is 24.3 Å². The number of hydrogen-bond donors (Lipinski definition) is 0. The fraction of sp³-hybridized carbons (Fsp3) is 0.206. The van der Waals surface area contributed by atoms with E-state index >= 15 is 0 Å². The van der Waals surface area contributed by atoms with Crippen molar-refractivity contribution in [3.8, 4) is 5.75 Å². The summed E-state index contributed by atoms with van der Waals surface area (Å²) >= 11 is 0.813. The molecule has 0 bridgehead atoms. The van der Waals surface area contributed by atoms with Crippen molar-refractivity contribution in [3.63, 3.8) is 0 Å². The molecule has 2 amide bonds. The van der Waals surface area contributed by atoms with Crippen LogP contribution in [0.5, 0.6) is 5.75 Å². The number of thiophene rings is 1. The number of ether oxygens (including phenoxy) is 3. The lowest BCUT2D eigenvalue weighted by Crippen LogP contribution is -2.37. The van der Waals surface area contributed by atoms with Gasteiger partial charge in [0.15, 0.2) is 6.10 Å². The highest BCUT2D eigenvalue weighted by molar-refractivity contribution is 7.19. The van der Waals surface area contributed by atoms with Crippen LogP contribution in [-0.4, -0.2) is 49.5 Å². The van der Waals surface area contributed by atoms with Crippen LogP contribution in [0, 0.1) is 12.8 Å². The van der Waals surface area contributed by atoms with Crippen molar-refractivity contribution in [2.24, 2.45) is 5.92 Å². The van der Waals surface area contributed by atoms with Crippen molar-refractivity contribution >= 4 is 51.7 Å². The van der Waals surface area contributed by atoms with Crippen LogP contribution in [0.4, 0.5) is 10.7 Å². The first-order chi connectivity index (χ1) is 22.2. The number of fused-ring (bicyclic) bond motifs is 1. The van der Waals surface area contributed by atoms with Gasteiger partial charge in [0.25, 0.3) is 5.91 Å². The van der Waals surface area contributed by atoms with Crippen LogP contribution in [0.25, 0.3) is 0 Å². The molecule has 46 heavy (non-hydrogen) atoms. The average molecular weight is 641 g/mol. The zero-order chi connectivity index (χ0) is 32.5. The fourth-order valence-electron chi connectivity index (χ4n) is 5.62. The Hall–Kier alpha value is -5.33. The standard InChI is InChI=1S/C34H28N2O9S/c1-4-43-34(41)28-19(2)24(33(40)42-3)31(46-28)35-29(37)25-26(36(45-27(25)30(35)38)22-13-9-6-10-14-22)20-15-17-23(18-16-20)44-32(39)21-11-7-5-8-12-21/h5-18,25-27H,4H2,1-3H3/t25-,26-,27-/m1/s1. The van der Waals surface area contributed by atoms with Crippen molar-refractivity contribution in [1.82, 2.24) is 0 Å². The fourth-order valence-corrected chi connectivity index (χ4v) is 6.82. The van der Waals surface area contributed by atoms with Crippen LogP contribution in [-0.2, 0) is 23.9 Å². The maximum Gasteiger partial charge on any atom is 0.348 e. The highest BCUT2D eigenvalue weighted by Crippen LogP contribution is 2.50. The third-order valence-electron chi connectivity index (χ3n) is 7.75. The molecule has 0 unspecified atom stereocenters. The lowest BCUT2D eigenvalue weighted by atomic mass is 9.90. The van der Waals surface area contributed by atoms with E-state index in [-0.39, 0.29) is 33.4 Å². The molecule has 0 spiro atoms. The monoisotopic (exact) mass is 640 g/mol. The highest BCUT2D eigenvalue weighted by Gasteiger charge is 2.61. The first-order valence-electron chi connectivity index (χ1n) is 14.4. The lowest BCUT2D eigenvalue weighted by Gasteiger charge is -2.28. The average Bonchev–Trinajstić information content (AvgIpc) is 3.71. The van der Waals surface area contributed by atoms with Crippen LogP contribution in [0.2, 0.25) is 0 Å².